The smallest absolute Gasteiger partial charge is 0.274 e. The van der Waals surface area contributed by atoms with Crippen molar-refractivity contribution < 1.29 is 9.31 Å². The SMILES string of the molecule is O=[N+]([O-])c1cc(F)cc(NCc2ccc(Cl)cc2Br)c1. The third-order valence-corrected chi connectivity index (χ3v) is 3.56. The van der Waals surface area contributed by atoms with Crippen LogP contribution in [0.25, 0.3) is 0 Å². The van der Waals surface area contributed by atoms with Crippen LogP contribution < -0.4 is 5.32 Å². The van der Waals surface area contributed by atoms with Gasteiger partial charge in [0.25, 0.3) is 5.69 Å². The highest BCUT2D eigenvalue weighted by Gasteiger charge is 2.10. The van der Waals surface area contributed by atoms with E-state index in [9.17, 15) is 14.5 Å². The van der Waals surface area contributed by atoms with Gasteiger partial charge < -0.3 is 5.32 Å². The van der Waals surface area contributed by atoms with Gasteiger partial charge in [0.05, 0.1) is 11.0 Å². The largest absolute Gasteiger partial charge is 0.381 e. The van der Waals surface area contributed by atoms with Crippen molar-refractivity contribution in [3.63, 3.8) is 0 Å². The second kappa shape index (κ2) is 6.19. The van der Waals surface area contributed by atoms with Gasteiger partial charge >= 0.3 is 0 Å². The molecule has 0 saturated carbocycles. The summed E-state index contributed by atoms with van der Waals surface area (Å²) in [6, 6.07) is 8.66. The van der Waals surface area contributed by atoms with Crippen molar-refractivity contribution in [2.45, 2.75) is 6.54 Å². The van der Waals surface area contributed by atoms with Gasteiger partial charge in [-0.15, -0.1) is 0 Å². The highest BCUT2D eigenvalue weighted by atomic mass is 79.9. The molecule has 7 heteroatoms. The van der Waals surface area contributed by atoms with Crippen molar-refractivity contribution in [2.75, 3.05) is 5.32 Å². The Morgan fingerprint density at radius 1 is 1.30 bits per heavy atom. The molecule has 0 heterocycles. The zero-order valence-corrected chi connectivity index (χ0v) is 12.4. The van der Waals surface area contributed by atoms with Crippen molar-refractivity contribution in [1.29, 1.82) is 0 Å². The van der Waals surface area contributed by atoms with Crippen LogP contribution in [-0.2, 0) is 6.54 Å². The summed E-state index contributed by atoms with van der Waals surface area (Å²) in [7, 11) is 0. The normalized spacial score (nSPS) is 10.3. The molecule has 0 unspecified atom stereocenters. The molecule has 0 aliphatic rings. The van der Waals surface area contributed by atoms with Crippen LogP contribution in [0.4, 0.5) is 15.8 Å². The summed E-state index contributed by atoms with van der Waals surface area (Å²) in [5.74, 6) is -0.656. The van der Waals surface area contributed by atoms with Crippen molar-refractivity contribution in [1.82, 2.24) is 0 Å². The van der Waals surface area contributed by atoms with Gasteiger partial charge in [0.15, 0.2) is 0 Å². The van der Waals surface area contributed by atoms with Gasteiger partial charge in [-0.3, -0.25) is 10.1 Å². The average Bonchev–Trinajstić information content (AvgIpc) is 2.37. The fourth-order valence-corrected chi connectivity index (χ4v) is 2.47. The van der Waals surface area contributed by atoms with Gasteiger partial charge in [0.1, 0.15) is 5.82 Å². The van der Waals surface area contributed by atoms with E-state index in [1.54, 1.807) is 12.1 Å². The van der Waals surface area contributed by atoms with Crippen molar-refractivity contribution in [3.05, 3.63) is 67.4 Å². The van der Waals surface area contributed by atoms with E-state index in [4.69, 9.17) is 11.6 Å². The first kappa shape index (κ1) is 14.7. The summed E-state index contributed by atoms with van der Waals surface area (Å²) in [4.78, 5) is 10.0. The van der Waals surface area contributed by atoms with Crippen LogP contribution in [0.15, 0.2) is 40.9 Å². The molecule has 0 aliphatic carbocycles. The summed E-state index contributed by atoms with van der Waals surface area (Å²) in [6.45, 7) is 0.387. The lowest BCUT2D eigenvalue weighted by molar-refractivity contribution is -0.385. The van der Waals surface area contributed by atoms with E-state index in [1.807, 2.05) is 6.07 Å². The third kappa shape index (κ3) is 3.68. The summed E-state index contributed by atoms with van der Waals surface area (Å²) in [6.07, 6.45) is 0. The van der Waals surface area contributed by atoms with E-state index in [0.717, 1.165) is 16.1 Å². The summed E-state index contributed by atoms with van der Waals surface area (Å²) >= 11 is 9.20. The Kier molecular flexibility index (Phi) is 4.57. The molecular formula is C13H9BrClFN2O2. The van der Waals surface area contributed by atoms with Gasteiger partial charge in [-0.1, -0.05) is 33.6 Å². The van der Waals surface area contributed by atoms with Gasteiger partial charge in [0.2, 0.25) is 0 Å². The molecule has 1 N–H and O–H groups in total. The maximum absolute atomic E-state index is 13.3. The van der Waals surface area contributed by atoms with Crippen molar-refractivity contribution >= 4 is 38.9 Å². The Balaban J connectivity index is 2.16. The van der Waals surface area contributed by atoms with Crippen molar-refractivity contribution in [2.24, 2.45) is 0 Å². The van der Waals surface area contributed by atoms with E-state index in [1.165, 1.54) is 12.1 Å². The van der Waals surface area contributed by atoms with Gasteiger partial charge in [-0.25, -0.2) is 4.39 Å². The molecule has 0 fully saturated rings. The molecule has 2 aromatic carbocycles. The zero-order valence-electron chi connectivity index (χ0n) is 10.1. The second-order valence-electron chi connectivity index (χ2n) is 4.04. The zero-order chi connectivity index (χ0) is 14.7. The van der Waals surface area contributed by atoms with E-state index in [0.29, 0.717) is 17.3 Å². The second-order valence-corrected chi connectivity index (χ2v) is 5.34. The number of nitrogens with one attached hydrogen (secondary N) is 1. The van der Waals surface area contributed by atoms with Crippen LogP contribution >= 0.6 is 27.5 Å². The van der Waals surface area contributed by atoms with E-state index >= 15 is 0 Å². The molecule has 4 nitrogen and oxygen atoms in total. The molecule has 2 aromatic rings. The topological polar surface area (TPSA) is 55.2 Å². The Labute approximate surface area is 127 Å². The lowest BCUT2D eigenvalue weighted by atomic mass is 10.2. The maximum atomic E-state index is 13.3. The highest BCUT2D eigenvalue weighted by Crippen LogP contribution is 2.24. The number of anilines is 1. The molecule has 0 aromatic heterocycles. The summed E-state index contributed by atoms with van der Waals surface area (Å²) < 4.78 is 14.1. The van der Waals surface area contributed by atoms with Crippen LogP contribution in [0.3, 0.4) is 0 Å². The Hall–Kier alpha value is -1.66. The third-order valence-electron chi connectivity index (χ3n) is 2.59. The Morgan fingerprint density at radius 3 is 2.70 bits per heavy atom. The van der Waals surface area contributed by atoms with Crippen LogP contribution in [0.2, 0.25) is 5.02 Å². The van der Waals surface area contributed by atoms with E-state index in [2.05, 4.69) is 21.2 Å². The highest BCUT2D eigenvalue weighted by molar-refractivity contribution is 9.10. The standard InChI is InChI=1S/C13H9BrClFN2O2/c14-13-3-9(15)2-1-8(13)7-17-11-4-10(16)5-12(6-11)18(19)20/h1-6,17H,7H2. The molecular weight excluding hydrogens is 351 g/mol. The number of nitro groups is 1. The summed E-state index contributed by atoms with van der Waals surface area (Å²) in [5.41, 5.74) is 0.961. The number of hydrogen-bond acceptors (Lipinski definition) is 3. The number of nitro benzene ring substituents is 1. The molecule has 20 heavy (non-hydrogen) atoms. The minimum absolute atomic E-state index is 0.289. The van der Waals surface area contributed by atoms with Gasteiger partial charge in [-0.2, -0.15) is 0 Å². The van der Waals surface area contributed by atoms with Crippen LogP contribution in [0, 0.1) is 15.9 Å². The predicted molar refractivity (Wildman–Crippen MR) is 79.5 cm³/mol. The fraction of sp³-hybridized carbons (Fsp3) is 0.0769. The number of benzene rings is 2. The van der Waals surface area contributed by atoms with Crippen LogP contribution in [-0.4, -0.2) is 4.92 Å². The molecule has 0 amide bonds. The lowest BCUT2D eigenvalue weighted by Gasteiger charge is -2.08. The quantitative estimate of drug-likeness (QED) is 0.632. The number of non-ortho nitro benzene ring substituents is 1. The van der Waals surface area contributed by atoms with Crippen LogP contribution in [0.1, 0.15) is 5.56 Å². The molecule has 0 bridgehead atoms. The summed E-state index contributed by atoms with van der Waals surface area (Å²) in [5, 5.41) is 14.2. The average molecular weight is 360 g/mol. The number of nitrogens with zero attached hydrogens (tertiary/aromatic N) is 1. The van der Waals surface area contributed by atoms with E-state index < -0.39 is 10.7 Å². The first-order valence-electron chi connectivity index (χ1n) is 5.58. The first-order valence-corrected chi connectivity index (χ1v) is 6.75. The first-order chi connectivity index (χ1) is 9.45. The van der Waals surface area contributed by atoms with Crippen molar-refractivity contribution in [3.8, 4) is 0 Å². The minimum Gasteiger partial charge on any atom is -0.381 e. The molecule has 0 aliphatic heterocycles. The number of rotatable bonds is 4. The van der Waals surface area contributed by atoms with E-state index in [-0.39, 0.29) is 5.69 Å². The predicted octanol–water partition coefficient (Wildman–Crippen LogP) is 4.76. The lowest BCUT2D eigenvalue weighted by Crippen LogP contribution is -2.01. The molecule has 0 atom stereocenters. The fourth-order valence-electron chi connectivity index (χ4n) is 1.64. The number of hydrogen-bond donors (Lipinski definition) is 1. The molecule has 0 saturated heterocycles. The van der Waals surface area contributed by atoms with Crippen LogP contribution in [0.5, 0.6) is 0 Å². The Morgan fingerprint density at radius 2 is 2.05 bits per heavy atom. The molecule has 0 radical (unpaired) electrons. The monoisotopic (exact) mass is 358 g/mol. The van der Waals surface area contributed by atoms with Gasteiger partial charge in [0, 0.05) is 27.8 Å². The number of halogens is 3. The maximum Gasteiger partial charge on any atom is 0.274 e. The molecule has 2 rings (SSSR count). The molecule has 0 spiro atoms. The minimum atomic E-state index is -0.656. The van der Waals surface area contributed by atoms with Gasteiger partial charge in [-0.05, 0) is 23.8 Å². The Bertz CT molecular complexity index is 667. The molecule has 104 valence electrons.